The van der Waals surface area contributed by atoms with Crippen molar-refractivity contribution in [2.45, 2.75) is 0 Å². The second kappa shape index (κ2) is 6.37. The molecule has 0 heterocycles. The van der Waals surface area contributed by atoms with Crippen molar-refractivity contribution in [1.29, 1.82) is 0 Å². The van der Waals surface area contributed by atoms with Gasteiger partial charge in [0.15, 0.2) is 0 Å². The lowest BCUT2D eigenvalue weighted by atomic mass is 10.2. The van der Waals surface area contributed by atoms with Gasteiger partial charge in [0.2, 0.25) is 0 Å². The summed E-state index contributed by atoms with van der Waals surface area (Å²) in [4.78, 5) is 12.1. The molecule has 20 heavy (non-hydrogen) atoms. The van der Waals surface area contributed by atoms with E-state index in [1.807, 2.05) is 0 Å². The van der Waals surface area contributed by atoms with Crippen LogP contribution in [0.3, 0.4) is 0 Å². The third-order valence-corrected chi connectivity index (χ3v) is 3.65. The molecule has 1 amide bonds. The van der Waals surface area contributed by atoms with Gasteiger partial charge in [0, 0.05) is 20.7 Å². The van der Waals surface area contributed by atoms with Gasteiger partial charge in [0.05, 0.1) is 12.7 Å². The lowest BCUT2D eigenvalue weighted by molar-refractivity contribution is 0.102. The number of methoxy groups -OCH3 is 1. The summed E-state index contributed by atoms with van der Waals surface area (Å²) < 4.78 is 19.3. The first-order valence-electron chi connectivity index (χ1n) is 5.60. The zero-order chi connectivity index (χ0) is 14.7. The van der Waals surface area contributed by atoms with Crippen molar-refractivity contribution in [3.8, 4) is 5.75 Å². The predicted octanol–water partition coefficient (Wildman–Crippen LogP) is 4.61. The maximum Gasteiger partial charge on any atom is 0.256 e. The molecule has 3 nitrogen and oxygen atoms in total. The average molecular weight is 403 g/mol. The van der Waals surface area contributed by atoms with E-state index in [1.54, 1.807) is 25.3 Å². The monoisotopic (exact) mass is 401 g/mol. The average Bonchev–Trinajstić information content (AvgIpc) is 2.37. The fraction of sp³-hybridized carbons (Fsp3) is 0.0714. The van der Waals surface area contributed by atoms with Crippen molar-refractivity contribution in [2.75, 3.05) is 12.4 Å². The number of carbonyl (C=O) groups excluding carboxylic acids is 1. The van der Waals surface area contributed by atoms with Crippen molar-refractivity contribution >= 4 is 43.5 Å². The first-order valence-corrected chi connectivity index (χ1v) is 7.19. The van der Waals surface area contributed by atoms with E-state index in [-0.39, 0.29) is 5.91 Å². The first-order chi connectivity index (χ1) is 9.49. The second-order valence-electron chi connectivity index (χ2n) is 3.96. The summed E-state index contributed by atoms with van der Waals surface area (Å²) in [6.45, 7) is 0. The number of rotatable bonds is 3. The third-order valence-electron chi connectivity index (χ3n) is 2.54. The van der Waals surface area contributed by atoms with Gasteiger partial charge in [0.25, 0.3) is 5.91 Å². The largest absolute Gasteiger partial charge is 0.497 e. The summed E-state index contributed by atoms with van der Waals surface area (Å²) in [6.07, 6.45) is 0. The molecule has 0 radical (unpaired) electrons. The minimum atomic E-state index is -0.405. The number of amides is 1. The van der Waals surface area contributed by atoms with Crippen molar-refractivity contribution in [2.24, 2.45) is 0 Å². The van der Waals surface area contributed by atoms with Crippen LogP contribution in [-0.2, 0) is 0 Å². The molecule has 6 heteroatoms. The molecule has 0 saturated carbocycles. The molecule has 1 N–H and O–H groups in total. The van der Waals surface area contributed by atoms with Crippen LogP contribution >= 0.6 is 31.9 Å². The van der Waals surface area contributed by atoms with Gasteiger partial charge in [-0.05, 0) is 46.3 Å². The maximum absolute atomic E-state index is 13.0. The van der Waals surface area contributed by atoms with Crippen molar-refractivity contribution in [3.63, 3.8) is 0 Å². The fourth-order valence-electron chi connectivity index (χ4n) is 1.62. The van der Waals surface area contributed by atoms with Crippen LogP contribution < -0.4 is 10.1 Å². The standard InChI is InChI=1S/C14H10Br2FNO2/c1-20-11-5-8(15)4-10(7-11)18-14(19)12-3-2-9(17)6-13(12)16/h2-7H,1H3,(H,18,19). The Morgan fingerprint density at radius 3 is 2.60 bits per heavy atom. The molecule has 0 aliphatic heterocycles. The molecule has 2 rings (SSSR count). The molecule has 0 bridgehead atoms. The van der Waals surface area contributed by atoms with E-state index in [1.165, 1.54) is 18.2 Å². The summed E-state index contributed by atoms with van der Waals surface area (Å²) in [5.41, 5.74) is 0.933. The van der Waals surface area contributed by atoms with Crippen LogP contribution in [0.15, 0.2) is 45.3 Å². The Morgan fingerprint density at radius 2 is 1.95 bits per heavy atom. The number of benzene rings is 2. The smallest absolute Gasteiger partial charge is 0.256 e. The lowest BCUT2D eigenvalue weighted by Gasteiger charge is -2.09. The van der Waals surface area contributed by atoms with Crippen LogP contribution in [0.4, 0.5) is 10.1 Å². The Kier molecular flexibility index (Phi) is 4.77. The molecule has 0 atom stereocenters. The highest BCUT2D eigenvalue weighted by Crippen LogP contribution is 2.26. The molecule has 0 unspecified atom stereocenters. The van der Waals surface area contributed by atoms with Gasteiger partial charge in [-0.3, -0.25) is 4.79 Å². The topological polar surface area (TPSA) is 38.3 Å². The number of ether oxygens (including phenoxy) is 1. The minimum Gasteiger partial charge on any atom is -0.497 e. The van der Waals surface area contributed by atoms with E-state index in [4.69, 9.17) is 4.74 Å². The summed E-state index contributed by atoms with van der Waals surface area (Å²) in [5.74, 6) is -0.123. The van der Waals surface area contributed by atoms with Gasteiger partial charge in [-0.25, -0.2) is 4.39 Å². The number of carbonyl (C=O) groups is 1. The van der Waals surface area contributed by atoms with Gasteiger partial charge in [0.1, 0.15) is 11.6 Å². The summed E-state index contributed by atoms with van der Waals surface area (Å²) >= 11 is 6.50. The van der Waals surface area contributed by atoms with Gasteiger partial charge < -0.3 is 10.1 Å². The predicted molar refractivity (Wildman–Crippen MR) is 82.7 cm³/mol. The molecule has 0 spiro atoms. The van der Waals surface area contributed by atoms with Crippen LogP contribution in [0.5, 0.6) is 5.75 Å². The highest BCUT2D eigenvalue weighted by Gasteiger charge is 2.11. The molecule has 0 aromatic heterocycles. The highest BCUT2D eigenvalue weighted by atomic mass is 79.9. The van der Waals surface area contributed by atoms with Crippen molar-refractivity contribution < 1.29 is 13.9 Å². The molecule has 0 aliphatic rings. The summed E-state index contributed by atoms with van der Waals surface area (Å²) in [6, 6.07) is 9.13. The molecular weight excluding hydrogens is 393 g/mol. The minimum absolute atomic E-state index is 0.336. The molecule has 0 aliphatic carbocycles. The first kappa shape index (κ1) is 15.0. The Bertz CT molecular complexity index is 662. The lowest BCUT2D eigenvalue weighted by Crippen LogP contribution is -2.12. The van der Waals surface area contributed by atoms with Crippen LogP contribution in [0.1, 0.15) is 10.4 Å². The van der Waals surface area contributed by atoms with E-state index in [0.29, 0.717) is 21.5 Å². The molecule has 104 valence electrons. The zero-order valence-electron chi connectivity index (χ0n) is 10.4. The maximum atomic E-state index is 13.0. The SMILES string of the molecule is COc1cc(Br)cc(NC(=O)c2ccc(F)cc2Br)c1. The van der Waals surface area contributed by atoms with E-state index < -0.39 is 5.82 Å². The van der Waals surface area contributed by atoms with Gasteiger partial charge in [-0.2, -0.15) is 0 Å². The number of halogens is 3. The van der Waals surface area contributed by atoms with Gasteiger partial charge in [-0.1, -0.05) is 15.9 Å². The Morgan fingerprint density at radius 1 is 1.20 bits per heavy atom. The second-order valence-corrected chi connectivity index (χ2v) is 5.73. The molecule has 0 saturated heterocycles. The fourth-order valence-corrected chi connectivity index (χ4v) is 2.63. The highest BCUT2D eigenvalue weighted by molar-refractivity contribution is 9.10. The zero-order valence-corrected chi connectivity index (χ0v) is 13.6. The van der Waals surface area contributed by atoms with Crippen LogP contribution in [0, 0.1) is 5.82 Å². The van der Waals surface area contributed by atoms with Gasteiger partial charge in [-0.15, -0.1) is 0 Å². The van der Waals surface area contributed by atoms with Crippen molar-refractivity contribution in [3.05, 3.63) is 56.7 Å². The quantitative estimate of drug-likeness (QED) is 0.813. The van der Waals surface area contributed by atoms with E-state index in [0.717, 1.165) is 4.47 Å². The Hall–Kier alpha value is -1.40. The number of anilines is 1. The molecule has 0 fully saturated rings. The number of hydrogen-bond acceptors (Lipinski definition) is 2. The Balaban J connectivity index is 2.25. The summed E-state index contributed by atoms with van der Waals surface area (Å²) in [5, 5.41) is 2.73. The normalized spacial score (nSPS) is 10.2. The summed E-state index contributed by atoms with van der Waals surface area (Å²) in [7, 11) is 1.55. The van der Waals surface area contributed by atoms with Gasteiger partial charge >= 0.3 is 0 Å². The van der Waals surface area contributed by atoms with E-state index in [2.05, 4.69) is 37.2 Å². The Labute approximate surface area is 132 Å². The molecular formula is C14H10Br2FNO2. The van der Waals surface area contributed by atoms with Crippen molar-refractivity contribution in [1.82, 2.24) is 0 Å². The van der Waals surface area contributed by atoms with Crippen LogP contribution in [0.2, 0.25) is 0 Å². The number of hydrogen-bond donors (Lipinski definition) is 1. The van der Waals surface area contributed by atoms with Crippen LogP contribution in [0.25, 0.3) is 0 Å². The third kappa shape index (κ3) is 3.58. The van der Waals surface area contributed by atoms with E-state index in [9.17, 15) is 9.18 Å². The van der Waals surface area contributed by atoms with E-state index >= 15 is 0 Å². The molecule has 2 aromatic carbocycles. The molecule has 2 aromatic rings. The van der Waals surface area contributed by atoms with Crippen LogP contribution in [-0.4, -0.2) is 13.0 Å². The number of nitrogens with one attached hydrogen (secondary N) is 1.